The number of aryl methyl sites for hydroxylation is 1. The number of hydrogen-bond donors (Lipinski definition) is 1. The van der Waals surface area contributed by atoms with E-state index in [2.05, 4.69) is 0 Å². The summed E-state index contributed by atoms with van der Waals surface area (Å²) in [4.78, 5) is 11.0. The SMILES string of the molecule is O=C(O)c1ccc(CC[Si](Cl)(C2CCCCC2)C2CCCCC2)cc1. The summed E-state index contributed by atoms with van der Waals surface area (Å²) in [6.07, 6.45) is 14.7. The Morgan fingerprint density at radius 2 is 1.40 bits per heavy atom. The number of aromatic carboxylic acids is 1. The van der Waals surface area contributed by atoms with E-state index in [1.807, 2.05) is 12.1 Å². The van der Waals surface area contributed by atoms with Gasteiger partial charge in [0.05, 0.1) is 5.56 Å². The fourth-order valence-electron chi connectivity index (χ4n) is 5.06. The quantitative estimate of drug-likeness (QED) is 0.437. The maximum Gasteiger partial charge on any atom is 0.335 e. The van der Waals surface area contributed by atoms with E-state index in [1.54, 1.807) is 12.1 Å². The Bertz CT molecular complexity index is 542. The normalized spacial score (nSPS) is 20.5. The number of halogens is 1. The van der Waals surface area contributed by atoms with Crippen LogP contribution in [0.25, 0.3) is 0 Å². The second-order valence-electron chi connectivity index (χ2n) is 8.10. The van der Waals surface area contributed by atoms with Gasteiger partial charge >= 0.3 is 5.97 Å². The van der Waals surface area contributed by atoms with Crippen LogP contribution in [0.4, 0.5) is 0 Å². The van der Waals surface area contributed by atoms with Gasteiger partial charge in [0.15, 0.2) is 7.38 Å². The molecule has 0 spiro atoms. The molecule has 0 unspecified atom stereocenters. The van der Waals surface area contributed by atoms with Gasteiger partial charge in [0, 0.05) is 0 Å². The van der Waals surface area contributed by atoms with E-state index in [4.69, 9.17) is 16.2 Å². The molecule has 2 saturated carbocycles. The van der Waals surface area contributed by atoms with Gasteiger partial charge in [-0.15, -0.1) is 0 Å². The minimum Gasteiger partial charge on any atom is -0.478 e. The third-order valence-corrected chi connectivity index (χ3v) is 13.9. The van der Waals surface area contributed by atoms with Gasteiger partial charge in [-0.1, -0.05) is 76.3 Å². The highest BCUT2D eigenvalue weighted by Crippen LogP contribution is 2.52. The summed E-state index contributed by atoms with van der Waals surface area (Å²) in [6, 6.07) is 8.59. The fraction of sp³-hybridized carbons (Fsp3) is 0.667. The van der Waals surface area contributed by atoms with Crippen molar-refractivity contribution in [3.05, 3.63) is 35.4 Å². The minimum atomic E-state index is -1.81. The zero-order chi connectivity index (χ0) is 17.7. The number of rotatable bonds is 6. The molecule has 2 fully saturated rings. The second kappa shape index (κ2) is 8.72. The van der Waals surface area contributed by atoms with E-state index in [0.29, 0.717) is 5.56 Å². The Kier molecular flexibility index (Phi) is 6.62. The van der Waals surface area contributed by atoms with Crippen molar-refractivity contribution >= 4 is 24.4 Å². The summed E-state index contributed by atoms with van der Waals surface area (Å²) in [7, 11) is -1.81. The molecule has 138 valence electrons. The first kappa shape index (κ1) is 19.0. The van der Waals surface area contributed by atoms with Crippen molar-refractivity contribution in [3.63, 3.8) is 0 Å². The maximum absolute atomic E-state index is 11.0. The molecule has 0 heterocycles. The van der Waals surface area contributed by atoms with Gasteiger partial charge in [-0.2, -0.15) is 11.1 Å². The van der Waals surface area contributed by atoms with Gasteiger partial charge in [0.25, 0.3) is 0 Å². The minimum absolute atomic E-state index is 0.373. The average Bonchev–Trinajstić information content (AvgIpc) is 2.68. The van der Waals surface area contributed by atoms with Crippen molar-refractivity contribution in [3.8, 4) is 0 Å². The third kappa shape index (κ3) is 4.68. The predicted molar refractivity (Wildman–Crippen MR) is 107 cm³/mol. The molecule has 2 aliphatic rings. The highest BCUT2D eigenvalue weighted by Gasteiger charge is 2.46. The number of hydrogen-bond acceptors (Lipinski definition) is 1. The van der Waals surface area contributed by atoms with Crippen molar-refractivity contribution in [2.24, 2.45) is 0 Å². The number of carboxylic acids is 1. The first-order valence-corrected chi connectivity index (χ1v) is 13.5. The number of carbonyl (C=O) groups is 1. The van der Waals surface area contributed by atoms with Crippen molar-refractivity contribution in [1.29, 1.82) is 0 Å². The predicted octanol–water partition coefficient (Wildman–Crippen LogP) is 6.78. The molecule has 4 heteroatoms. The third-order valence-electron chi connectivity index (χ3n) is 6.57. The van der Waals surface area contributed by atoms with Crippen LogP contribution in [0.5, 0.6) is 0 Å². The lowest BCUT2D eigenvalue weighted by Gasteiger charge is -2.43. The highest BCUT2D eigenvalue weighted by molar-refractivity contribution is 7.21. The lowest BCUT2D eigenvalue weighted by Crippen LogP contribution is -2.41. The molecule has 2 aliphatic carbocycles. The van der Waals surface area contributed by atoms with Crippen LogP contribution in [-0.4, -0.2) is 18.5 Å². The molecule has 0 aromatic heterocycles. The summed E-state index contributed by atoms with van der Waals surface area (Å²) in [5.41, 5.74) is 3.21. The molecule has 0 saturated heterocycles. The second-order valence-corrected chi connectivity index (χ2v) is 14.2. The molecule has 0 radical (unpaired) electrons. The number of benzene rings is 1. The van der Waals surface area contributed by atoms with Gasteiger partial charge < -0.3 is 5.11 Å². The molecule has 25 heavy (non-hydrogen) atoms. The van der Waals surface area contributed by atoms with Gasteiger partial charge in [-0.25, -0.2) is 4.79 Å². The standard InChI is InChI=1S/C21H31ClO2Si/c22-25(19-7-3-1-4-8-19,20-9-5-2-6-10-20)16-15-17-11-13-18(14-12-17)21(23)24/h11-14,19-20H,1-10,15-16H2,(H,23,24). The first-order chi connectivity index (χ1) is 12.1. The molecule has 0 aliphatic heterocycles. The summed E-state index contributed by atoms with van der Waals surface area (Å²) < 4.78 is 0. The van der Waals surface area contributed by atoms with Crippen molar-refractivity contribution < 1.29 is 9.90 Å². The van der Waals surface area contributed by atoms with Gasteiger partial charge in [0.1, 0.15) is 0 Å². The van der Waals surface area contributed by atoms with Crippen molar-refractivity contribution in [2.45, 2.75) is 87.8 Å². The zero-order valence-corrected chi connectivity index (χ0v) is 16.9. The lowest BCUT2D eigenvalue weighted by molar-refractivity contribution is 0.0697. The van der Waals surface area contributed by atoms with Crippen LogP contribution >= 0.6 is 11.1 Å². The van der Waals surface area contributed by atoms with E-state index in [9.17, 15) is 4.79 Å². The summed E-state index contributed by atoms with van der Waals surface area (Å²) in [5.74, 6) is -0.850. The summed E-state index contributed by atoms with van der Waals surface area (Å²) in [5, 5.41) is 9.06. The monoisotopic (exact) mass is 378 g/mol. The van der Waals surface area contributed by atoms with Crippen LogP contribution in [0.1, 0.15) is 80.1 Å². The van der Waals surface area contributed by atoms with Crippen LogP contribution < -0.4 is 0 Å². The van der Waals surface area contributed by atoms with Gasteiger partial charge in [-0.05, 0) is 41.2 Å². The van der Waals surface area contributed by atoms with Gasteiger partial charge in [0.2, 0.25) is 0 Å². The van der Waals surface area contributed by atoms with Crippen LogP contribution in [0.3, 0.4) is 0 Å². The zero-order valence-electron chi connectivity index (χ0n) is 15.2. The van der Waals surface area contributed by atoms with Crippen molar-refractivity contribution in [2.75, 3.05) is 0 Å². The molecule has 1 aromatic carbocycles. The lowest BCUT2D eigenvalue weighted by atomic mass is 9.99. The maximum atomic E-state index is 11.0. The Morgan fingerprint density at radius 1 is 0.920 bits per heavy atom. The van der Waals surface area contributed by atoms with E-state index in [-0.39, 0.29) is 0 Å². The van der Waals surface area contributed by atoms with E-state index < -0.39 is 13.4 Å². The Morgan fingerprint density at radius 3 is 1.84 bits per heavy atom. The number of carboxylic acid groups (broad SMARTS) is 1. The Balaban J connectivity index is 1.71. The molecule has 0 bridgehead atoms. The fourth-order valence-corrected chi connectivity index (χ4v) is 11.5. The molecule has 1 N–H and O–H groups in total. The first-order valence-electron chi connectivity index (χ1n) is 10.1. The molecule has 3 rings (SSSR count). The van der Waals surface area contributed by atoms with Gasteiger partial charge in [-0.3, -0.25) is 0 Å². The summed E-state index contributed by atoms with van der Waals surface area (Å²) in [6.45, 7) is 0. The summed E-state index contributed by atoms with van der Waals surface area (Å²) >= 11 is 7.57. The molecule has 0 amide bonds. The molecule has 2 nitrogen and oxygen atoms in total. The van der Waals surface area contributed by atoms with Crippen LogP contribution in [-0.2, 0) is 6.42 Å². The smallest absolute Gasteiger partial charge is 0.335 e. The molecular weight excluding hydrogens is 348 g/mol. The van der Waals surface area contributed by atoms with Crippen LogP contribution in [0, 0.1) is 0 Å². The Labute approximate surface area is 157 Å². The van der Waals surface area contributed by atoms with E-state index in [1.165, 1.54) is 69.8 Å². The van der Waals surface area contributed by atoms with Crippen molar-refractivity contribution in [1.82, 2.24) is 0 Å². The molecular formula is C21H31ClO2Si. The highest BCUT2D eigenvalue weighted by atomic mass is 35.6. The van der Waals surface area contributed by atoms with E-state index >= 15 is 0 Å². The van der Waals surface area contributed by atoms with Crippen LogP contribution in [0.2, 0.25) is 17.1 Å². The van der Waals surface area contributed by atoms with E-state index in [0.717, 1.165) is 23.5 Å². The van der Waals surface area contributed by atoms with Crippen LogP contribution in [0.15, 0.2) is 24.3 Å². The topological polar surface area (TPSA) is 37.3 Å². The molecule has 1 aromatic rings. The Hall–Kier alpha value is -0.803. The molecule has 0 atom stereocenters. The average molecular weight is 379 g/mol. The largest absolute Gasteiger partial charge is 0.478 e.